The van der Waals surface area contributed by atoms with Crippen molar-refractivity contribution in [2.75, 3.05) is 31.1 Å². The van der Waals surface area contributed by atoms with E-state index in [0.717, 1.165) is 70.7 Å². The third-order valence-electron chi connectivity index (χ3n) is 5.98. The number of imidazole rings is 1. The van der Waals surface area contributed by atoms with Crippen LogP contribution in [-0.4, -0.2) is 50.4 Å². The molecule has 0 amide bonds. The van der Waals surface area contributed by atoms with E-state index >= 15 is 0 Å². The van der Waals surface area contributed by atoms with Gasteiger partial charge in [-0.2, -0.15) is 0 Å². The number of aromatic nitrogens is 4. The Hall–Kier alpha value is -3.00. The first-order valence-electron chi connectivity index (χ1n) is 10.6. The van der Waals surface area contributed by atoms with Crippen molar-refractivity contribution in [3.05, 3.63) is 77.3 Å². The van der Waals surface area contributed by atoms with Gasteiger partial charge in [0.05, 0.1) is 11.1 Å². The Morgan fingerprint density at radius 1 is 0.969 bits per heavy atom. The summed E-state index contributed by atoms with van der Waals surface area (Å²) in [6.45, 7) is 4.66. The highest BCUT2D eigenvalue weighted by molar-refractivity contribution is 7.17. The normalized spacial score (nSPS) is 15.1. The minimum absolute atomic E-state index is 0.742. The molecule has 0 N–H and O–H groups in total. The fourth-order valence-electron chi connectivity index (χ4n) is 4.35. The van der Waals surface area contributed by atoms with Gasteiger partial charge in [0.25, 0.3) is 0 Å². The largest absolute Gasteiger partial charge is 0.353 e. The van der Waals surface area contributed by atoms with Crippen LogP contribution in [0.15, 0.2) is 66.6 Å². The first-order valence-corrected chi connectivity index (χ1v) is 11.9. The quantitative estimate of drug-likeness (QED) is 0.378. The van der Waals surface area contributed by atoms with E-state index in [1.807, 2.05) is 36.5 Å². The Morgan fingerprint density at radius 2 is 1.81 bits per heavy atom. The number of piperazine rings is 1. The van der Waals surface area contributed by atoms with Crippen LogP contribution in [0, 0.1) is 0 Å². The summed E-state index contributed by atoms with van der Waals surface area (Å²) >= 11 is 7.76. The van der Waals surface area contributed by atoms with Crippen molar-refractivity contribution >= 4 is 44.6 Å². The predicted molar refractivity (Wildman–Crippen MR) is 131 cm³/mol. The summed E-state index contributed by atoms with van der Waals surface area (Å²) in [6.07, 6.45) is 5.85. The van der Waals surface area contributed by atoms with Crippen LogP contribution < -0.4 is 4.90 Å². The molecular formula is C24H21ClN6S. The number of anilines is 1. The number of fused-ring (bicyclic) bond motifs is 2. The van der Waals surface area contributed by atoms with Crippen molar-refractivity contribution in [2.24, 2.45) is 0 Å². The van der Waals surface area contributed by atoms with Gasteiger partial charge in [0, 0.05) is 61.1 Å². The fourth-order valence-corrected chi connectivity index (χ4v) is 5.39. The lowest BCUT2D eigenvalue weighted by Crippen LogP contribution is -2.46. The highest BCUT2D eigenvalue weighted by atomic mass is 35.5. The summed E-state index contributed by atoms with van der Waals surface area (Å²) in [5.74, 6) is 1.02. The van der Waals surface area contributed by atoms with Crippen molar-refractivity contribution in [3.8, 4) is 11.1 Å². The number of halogens is 1. The molecule has 0 spiro atoms. The minimum atomic E-state index is 0.742. The molecule has 1 aliphatic rings. The Kier molecular flexibility index (Phi) is 5.02. The molecule has 1 aliphatic heterocycles. The third kappa shape index (κ3) is 3.62. The Labute approximate surface area is 194 Å². The van der Waals surface area contributed by atoms with Crippen LogP contribution in [0.3, 0.4) is 0 Å². The summed E-state index contributed by atoms with van der Waals surface area (Å²) in [6, 6.07) is 14.1. The number of benzene rings is 1. The van der Waals surface area contributed by atoms with E-state index in [2.05, 4.69) is 42.9 Å². The zero-order chi connectivity index (χ0) is 21.5. The zero-order valence-electron chi connectivity index (χ0n) is 17.4. The van der Waals surface area contributed by atoms with Crippen LogP contribution in [0.25, 0.3) is 27.0 Å². The predicted octanol–water partition coefficient (Wildman–Crippen LogP) is 4.98. The molecule has 5 aromatic rings. The second-order valence-corrected chi connectivity index (χ2v) is 9.29. The van der Waals surface area contributed by atoms with Crippen molar-refractivity contribution in [1.82, 2.24) is 24.3 Å². The number of hydrogen-bond acceptors (Lipinski definition) is 6. The molecule has 0 saturated carbocycles. The number of nitrogens with zero attached hydrogens (tertiary/aromatic N) is 6. The first kappa shape index (κ1) is 19.7. The maximum Gasteiger partial charge on any atom is 0.141 e. The molecule has 1 aromatic carbocycles. The first-order chi connectivity index (χ1) is 15.7. The second-order valence-electron chi connectivity index (χ2n) is 8.00. The molecule has 5 heterocycles. The number of hydrogen-bond donors (Lipinski definition) is 0. The van der Waals surface area contributed by atoms with Crippen LogP contribution in [0.4, 0.5) is 5.82 Å². The summed E-state index contributed by atoms with van der Waals surface area (Å²) in [7, 11) is 0. The highest BCUT2D eigenvalue weighted by Crippen LogP contribution is 2.38. The van der Waals surface area contributed by atoms with Crippen molar-refractivity contribution in [1.29, 1.82) is 0 Å². The molecule has 6 rings (SSSR count). The van der Waals surface area contributed by atoms with Gasteiger partial charge in [-0.05, 0) is 29.8 Å². The van der Waals surface area contributed by atoms with E-state index in [1.54, 1.807) is 17.7 Å². The number of thiophene rings is 1. The molecule has 32 heavy (non-hydrogen) atoms. The van der Waals surface area contributed by atoms with E-state index in [4.69, 9.17) is 21.6 Å². The smallest absolute Gasteiger partial charge is 0.141 e. The van der Waals surface area contributed by atoms with Crippen molar-refractivity contribution in [3.63, 3.8) is 0 Å². The van der Waals surface area contributed by atoms with Gasteiger partial charge in [0.15, 0.2) is 0 Å². The standard InChI is InChI=1S/C24H21ClN6S/c25-18-6-4-17(5-7-18)20-15-32-24-22(20)23(26-16-27-24)30-11-9-29(10-12-30)13-19-14-31-8-2-1-3-21(31)28-19/h1-8,14-16H,9-13H2. The Bertz CT molecular complexity index is 1350. The average Bonchev–Trinajstić information content (AvgIpc) is 3.44. The van der Waals surface area contributed by atoms with Crippen LogP contribution >= 0.6 is 22.9 Å². The summed E-state index contributed by atoms with van der Waals surface area (Å²) in [4.78, 5) is 19.8. The summed E-state index contributed by atoms with van der Waals surface area (Å²) in [5.41, 5.74) is 4.42. The van der Waals surface area contributed by atoms with E-state index < -0.39 is 0 Å². The summed E-state index contributed by atoms with van der Waals surface area (Å²) in [5, 5.41) is 4.05. The van der Waals surface area contributed by atoms with E-state index in [9.17, 15) is 0 Å². The minimum Gasteiger partial charge on any atom is -0.353 e. The highest BCUT2D eigenvalue weighted by Gasteiger charge is 2.23. The Morgan fingerprint density at radius 3 is 2.62 bits per heavy atom. The topological polar surface area (TPSA) is 49.6 Å². The maximum atomic E-state index is 6.10. The maximum absolute atomic E-state index is 6.10. The van der Waals surface area contributed by atoms with Gasteiger partial charge in [-0.1, -0.05) is 29.8 Å². The monoisotopic (exact) mass is 460 g/mol. The molecule has 1 fully saturated rings. The molecule has 8 heteroatoms. The van der Waals surface area contributed by atoms with Crippen LogP contribution in [0.1, 0.15) is 5.69 Å². The lowest BCUT2D eigenvalue weighted by molar-refractivity contribution is 0.247. The Balaban J connectivity index is 1.23. The van der Waals surface area contributed by atoms with Crippen LogP contribution in [-0.2, 0) is 6.54 Å². The van der Waals surface area contributed by atoms with Crippen LogP contribution in [0.2, 0.25) is 5.02 Å². The number of pyridine rings is 1. The average molecular weight is 461 g/mol. The molecule has 1 saturated heterocycles. The van der Waals surface area contributed by atoms with Gasteiger partial charge >= 0.3 is 0 Å². The second kappa shape index (κ2) is 8.16. The van der Waals surface area contributed by atoms with Gasteiger partial charge < -0.3 is 9.30 Å². The van der Waals surface area contributed by atoms with Crippen LogP contribution in [0.5, 0.6) is 0 Å². The molecular weight excluding hydrogens is 440 g/mol. The zero-order valence-corrected chi connectivity index (χ0v) is 18.9. The fraction of sp³-hybridized carbons (Fsp3) is 0.208. The van der Waals surface area contributed by atoms with Gasteiger partial charge in [-0.15, -0.1) is 11.3 Å². The molecule has 0 bridgehead atoms. The van der Waals surface area contributed by atoms with E-state index in [-0.39, 0.29) is 0 Å². The SMILES string of the molecule is Clc1ccc(-c2csc3ncnc(N4CCN(Cc5cn6ccccc6n5)CC4)c23)cc1. The molecule has 0 unspecified atom stereocenters. The lowest BCUT2D eigenvalue weighted by Gasteiger charge is -2.35. The van der Waals surface area contributed by atoms with Gasteiger partial charge in [-0.3, -0.25) is 4.90 Å². The van der Waals surface area contributed by atoms with E-state index in [1.165, 1.54) is 5.56 Å². The van der Waals surface area contributed by atoms with Gasteiger partial charge in [0.1, 0.15) is 22.6 Å². The van der Waals surface area contributed by atoms with Crippen molar-refractivity contribution in [2.45, 2.75) is 6.54 Å². The molecule has 0 radical (unpaired) electrons. The van der Waals surface area contributed by atoms with Crippen molar-refractivity contribution < 1.29 is 0 Å². The third-order valence-corrected chi connectivity index (χ3v) is 7.12. The summed E-state index contributed by atoms with van der Waals surface area (Å²) < 4.78 is 2.08. The van der Waals surface area contributed by atoms with E-state index in [0.29, 0.717) is 0 Å². The molecule has 6 nitrogen and oxygen atoms in total. The molecule has 160 valence electrons. The van der Waals surface area contributed by atoms with Gasteiger partial charge in [0.2, 0.25) is 0 Å². The molecule has 4 aromatic heterocycles. The van der Waals surface area contributed by atoms with Gasteiger partial charge in [-0.25, -0.2) is 15.0 Å². The number of rotatable bonds is 4. The molecule has 0 aliphatic carbocycles. The lowest BCUT2D eigenvalue weighted by atomic mass is 10.1. The molecule has 0 atom stereocenters.